The number of hydrogen-bond acceptors (Lipinski definition) is 4. The minimum atomic E-state index is -0.341. The molecule has 134 valence electrons. The van der Waals surface area contributed by atoms with Crippen LogP contribution in [0.5, 0.6) is 0 Å². The lowest BCUT2D eigenvalue weighted by molar-refractivity contribution is -0.113. The first-order valence-corrected chi connectivity index (χ1v) is 9.08. The summed E-state index contributed by atoms with van der Waals surface area (Å²) < 4.78 is 15.4. The first-order chi connectivity index (χ1) is 12.4. The molecular formula is C19H19FN4OS. The van der Waals surface area contributed by atoms with E-state index >= 15 is 0 Å². The Kier molecular flexibility index (Phi) is 5.37. The van der Waals surface area contributed by atoms with Gasteiger partial charge in [-0.25, -0.2) is 4.39 Å². The Morgan fingerprint density at radius 1 is 1.19 bits per heavy atom. The van der Waals surface area contributed by atoms with Gasteiger partial charge in [0, 0.05) is 18.3 Å². The molecule has 3 aromatic rings. The highest BCUT2D eigenvalue weighted by Gasteiger charge is 2.13. The van der Waals surface area contributed by atoms with E-state index in [1.807, 2.05) is 42.8 Å². The second-order valence-electron chi connectivity index (χ2n) is 6.04. The largest absolute Gasteiger partial charge is 0.325 e. The first-order valence-electron chi connectivity index (χ1n) is 8.09. The maximum absolute atomic E-state index is 13.5. The van der Waals surface area contributed by atoms with Gasteiger partial charge in [-0.1, -0.05) is 41.6 Å². The standard InChI is InChI=1S/C19H19FN4OS/c1-12-5-4-6-14(9-12)18-22-23-19(24(18)3)26-11-17(25)21-15-8-7-13(2)16(20)10-15/h4-10H,11H2,1-3H3,(H,21,25). The van der Waals surface area contributed by atoms with Gasteiger partial charge in [0.25, 0.3) is 0 Å². The van der Waals surface area contributed by atoms with Crippen LogP contribution in [0.15, 0.2) is 47.6 Å². The Hall–Kier alpha value is -2.67. The highest BCUT2D eigenvalue weighted by atomic mass is 32.2. The number of anilines is 1. The van der Waals surface area contributed by atoms with Gasteiger partial charge in [0.05, 0.1) is 5.75 Å². The lowest BCUT2D eigenvalue weighted by atomic mass is 10.1. The molecule has 0 aliphatic heterocycles. The van der Waals surface area contributed by atoms with Crippen LogP contribution in [0.4, 0.5) is 10.1 Å². The molecule has 0 spiro atoms. The summed E-state index contributed by atoms with van der Waals surface area (Å²) >= 11 is 1.29. The van der Waals surface area contributed by atoms with Crippen molar-refractivity contribution in [3.63, 3.8) is 0 Å². The highest BCUT2D eigenvalue weighted by molar-refractivity contribution is 7.99. The number of aryl methyl sites for hydroxylation is 2. The molecule has 1 amide bonds. The van der Waals surface area contributed by atoms with Crippen molar-refractivity contribution in [3.05, 3.63) is 59.4 Å². The van der Waals surface area contributed by atoms with Gasteiger partial charge in [-0.3, -0.25) is 4.79 Å². The van der Waals surface area contributed by atoms with E-state index in [1.165, 1.54) is 17.8 Å². The van der Waals surface area contributed by atoms with E-state index in [9.17, 15) is 9.18 Å². The molecule has 0 saturated carbocycles. The van der Waals surface area contributed by atoms with E-state index in [1.54, 1.807) is 19.1 Å². The minimum Gasteiger partial charge on any atom is -0.325 e. The van der Waals surface area contributed by atoms with Gasteiger partial charge in [0.1, 0.15) is 5.82 Å². The topological polar surface area (TPSA) is 59.8 Å². The Bertz CT molecular complexity index is 954. The zero-order chi connectivity index (χ0) is 18.7. The molecule has 1 N–H and O–H groups in total. The number of halogens is 1. The maximum Gasteiger partial charge on any atom is 0.234 e. The lowest BCUT2D eigenvalue weighted by Gasteiger charge is -2.07. The number of amides is 1. The molecule has 0 saturated heterocycles. The summed E-state index contributed by atoms with van der Waals surface area (Å²) in [5.74, 6) is 0.345. The van der Waals surface area contributed by atoms with Crippen molar-refractivity contribution < 1.29 is 9.18 Å². The number of thioether (sulfide) groups is 1. The molecule has 0 aliphatic rings. The molecule has 2 aromatic carbocycles. The van der Waals surface area contributed by atoms with E-state index in [2.05, 4.69) is 15.5 Å². The molecule has 7 heteroatoms. The number of carbonyl (C=O) groups excluding carboxylic acids is 1. The molecule has 0 aliphatic carbocycles. The third kappa shape index (κ3) is 4.11. The number of hydrogen-bond donors (Lipinski definition) is 1. The molecule has 0 atom stereocenters. The summed E-state index contributed by atoms with van der Waals surface area (Å²) in [6, 6.07) is 12.6. The highest BCUT2D eigenvalue weighted by Crippen LogP contribution is 2.23. The average molecular weight is 370 g/mol. The van der Waals surface area contributed by atoms with Crippen LogP contribution in [0.1, 0.15) is 11.1 Å². The third-order valence-corrected chi connectivity index (χ3v) is 4.92. The third-order valence-electron chi connectivity index (χ3n) is 3.90. The molecule has 0 bridgehead atoms. The zero-order valence-corrected chi connectivity index (χ0v) is 15.6. The molecule has 5 nitrogen and oxygen atoms in total. The average Bonchev–Trinajstić information content (AvgIpc) is 2.97. The van der Waals surface area contributed by atoms with Crippen molar-refractivity contribution in [2.45, 2.75) is 19.0 Å². The summed E-state index contributed by atoms with van der Waals surface area (Å²) in [6.45, 7) is 3.70. The fourth-order valence-electron chi connectivity index (χ4n) is 2.47. The molecule has 26 heavy (non-hydrogen) atoms. The lowest BCUT2D eigenvalue weighted by Crippen LogP contribution is -2.14. The van der Waals surface area contributed by atoms with Crippen LogP contribution in [-0.2, 0) is 11.8 Å². The maximum atomic E-state index is 13.5. The molecule has 0 radical (unpaired) electrons. The number of nitrogens with one attached hydrogen (secondary N) is 1. The van der Waals surface area contributed by atoms with E-state index in [-0.39, 0.29) is 17.5 Å². The Morgan fingerprint density at radius 3 is 2.73 bits per heavy atom. The van der Waals surface area contributed by atoms with Crippen LogP contribution in [0, 0.1) is 19.7 Å². The number of rotatable bonds is 5. The van der Waals surface area contributed by atoms with Gasteiger partial charge >= 0.3 is 0 Å². The number of benzene rings is 2. The van der Waals surface area contributed by atoms with Gasteiger partial charge in [-0.15, -0.1) is 10.2 Å². The van der Waals surface area contributed by atoms with Crippen molar-refractivity contribution >= 4 is 23.4 Å². The zero-order valence-electron chi connectivity index (χ0n) is 14.8. The second-order valence-corrected chi connectivity index (χ2v) is 6.98. The van der Waals surface area contributed by atoms with Crippen LogP contribution in [0.2, 0.25) is 0 Å². The fourth-order valence-corrected chi connectivity index (χ4v) is 3.18. The molecule has 3 rings (SSSR count). The van der Waals surface area contributed by atoms with Crippen molar-refractivity contribution in [2.75, 3.05) is 11.1 Å². The fraction of sp³-hybridized carbons (Fsp3) is 0.211. The SMILES string of the molecule is Cc1cccc(-c2nnc(SCC(=O)Nc3ccc(C)c(F)c3)n2C)c1. The van der Waals surface area contributed by atoms with Crippen molar-refractivity contribution in [1.29, 1.82) is 0 Å². The van der Waals surface area contributed by atoms with E-state index < -0.39 is 0 Å². The van der Waals surface area contributed by atoms with Gasteiger partial charge in [-0.05, 0) is 37.6 Å². The Labute approximate surface area is 155 Å². The normalized spacial score (nSPS) is 10.8. The van der Waals surface area contributed by atoms with Gasteiger partial charge < -0.3 is 9.88 Å². The van der Waals surface area contributed by atoms with Crippen LogP contribution in [0.25, 0.3) is 11.4 Å². The summed E-state index contributed by atoms with van der Waals surface area (Å²) in [7, 11) is 1.87. The first kappa shape index (κ1) is 18.1. The van der Waals surface area contributed by atoms with Crippen LogP contribution >= 0.6 is 11.8 Å². The second kappa shape index (κ2) is 7.70. The van der Waals surface area contributed by atoms with E-state index in [0.717, 1.165) is 17.0 Å². The van der Waals surface area contributed by atoms with Crippen LogP contribution < -0.4 is 5.32 Å². The number of aromatic nitrogens is 3. The quantitative estimate of drug-likeness (QED) is 0.691. The number of carbonyl (C=O) groups is 1. The van der Waals surface area contributed by atoms with Crippen LogP contribution in [-0.4, -0.2) is 26.4 Å². The monoisotopic (exact) mass is 370 g/mol. The predicted molar refractivity (Wildman–Crippen MR) is 102 cm³/mol. The van der Waals surface area contributed by atoms with Crippen molar-refractivity contribution in [1.82, 2.24) is 14.8 Å². The Balaban J connectivity index is 1.64. The molecule has 0 unspecified atom stereocenters. The molecule has 1 aromatic heterocycles. The summed E-state index contributed by atoms with van der Waals surface area (Å²) in [4.78, 5) is 12.1. The van der Waals surface area contributed by atoms with E-state index in [0.29, 0.717) is 16.4 Å². The van der Waals surface area contributed by atoms with E-state index in [4.69, 9.17) is 0 Å². The smallest absolute Gasteiger partial charge is 0.234 e. The molecular weight excluding hydrogens is 351 g/mol. The summed E-state index contributed by atoms with van der Waals surface area (Å²) in [6.07, 6.45) is 0. The minimum absolute atomic E-state index is 0.162. The van der Waals surface area contributed by atoms with Gasteiger partial charge in [0.15, 0.2) is 11.0 Å². The molecule has 0 fully saturated rings. The Morgan fingerprint density at radius 2 is 2.00 bits per heavy atom. The predicted octanol–water partition coefficient (Wildman–Crippen LogP) is 3.97. The number of nitrogens with zero attached hydrogens (tertiary/aromatic N) is 3. The summed E-state index contributed by atoms with van der Waals surface area (Å²) in [5, 5.41) is 11.7. The van der Waals surface area contributed by atoms with Gasteiger partial charge in [-0.2, -0.15) is 0 Å². The summed E-state index contributed by atoms with van der Waals surface area (Å²) in [5.41, 5.74) is 3.10. The molecule has 1 heterocycles. The van der Waals surface area contributed by atoms with Crippen molar-refractivity contribution in [2.24, 2.45) is 7.05 Å². The van der Waals surface area contributed by atoms with Crippen molar-refractivity contribution in [3.8, 4) is 11.4 Å². The van der Waals surface area contributed by atoms with Crippen LogP contribution in [0.3, 0.4) is 0 Å². The van der Waals surface area contributed by atoms with Gasteiger partial charge in [0.2, 0.25) is 5.91 Å².